The summed E-state index contributed by atoms with van der Waals surface area (Å²) in [6, 6.07) is 1.09. The van der Waals surface area contributed by atoms with Crippen molar-refractivity contribution in [2.75, 3.05) is 0 Å². The number of carboxylic acid groups (broad SMARTS) is 1. The van der Waals surface area contributed by atoms with E-state index in [-0.39, 0.29) is 15.9 Å². The summed E-state index contributed by atoms with van der Waals surface area (Å²) in [4.78, 5) is 10.4. The summed E-state index contributed by atoms with van der Waals surface area (Å²) in [6.07, 6.45) is -3.62. The standard InChI is InChI=1S/C8H6Cl2F2N2O2/c9-5-1-3(7(10)14-13-5)4(8(11)12)2-6(15)16/h1,4,8H,2H2,(H,15,16). The van der Waals surface area contributed by atoms with Gasteiger partial charge in [-0.3, -0.25) is 4.79 Å². The molecule has 1 aromatic rings. The van der Waals surface area contributed by atoms with Crippen molar-refractivity contribution in [2.45, 2.75) is 18.8 Å². The molecule has 1 N–H and O–H groups in total. The van der Waals surface area contributed by atoms with Gasteiger partial charge in [0.25, 0.3) is 0 Å². The molecule has 1 unspecified atom stereocenters. The molecule has 0 radical (unpaired) electrons. The zero-order valence-corrected chi connectivity index (χ0v) is 9.21. The first kappa shape index (κ1) is 13.1. The molecule has 0 spiro atoms. The fraction of sp³-hybridized carbons (Fsp3) is 0.375. The van der Waals surface area contributed by atoms with E-state index < -0.39 is 24.7 Å². The highest BCUT2D eigenvalue weighted by Crippen LogP contribution is 2.31. The van der Waals surface area contributed by atoms with Crippen molar-refractivity contribution in [3.05, 3.63) is 21.9 Å². The van der Waals surface area contributed by atoms with Crippen LogP contribution in [-0.2, 0) is 4.79 Å². The van der Waals surface area contributed by atoms with Crippen molar-refractivity contribution in [1.82, 2.24) is 10.2 Å². The normalized spacial score (nSPS) is 12.8. The Kier molecular flexibility index (Phi) is 4.37. The molecule has 0 bridgehead atoms. The van der Waals surface area contributed by atoms with Gasteiger partial charge in [0, 0.05) is 5.56 Å². The molecule has 0 fully saturated rings. The Labute approximate surface area is 99.2 Å². The van der Waals surface area contributed by atoms with E-state index in [1.807, 2.05) is 0 Å². The maximum Gasteiger partial charge on any atom is 0.304 e. The Bertz CT molecular complexity index is 404. The first-order chi connectivity index (χ1) is 7.41. The SMILES string of the molecule is O=C(O)CC(c1cc(Cl)nnc1Cl)C(F)F. The summed E-state index contributed by atoms with van der Waals surface area (Å²) in [5.41, 5.74) is -0.112. The van der Waals surface area contributed by atoms with E-state index in [1.165, 1.54) is 0 Å². The first-order valence-corrected chi connectivity index (χ1v) is 4.86. The summed E-state index contributed by atoms with van der Waals surface area (Å²) in [6.45, 7) is 0. The van der Waals surface area contributed by atoms with Crippen LogP contribution in [0.2, 0.25) is 10.3 Å². The molecule has 1 aromatic heterocycles. The third-order valence-corrected chi connectivity index (χ3v) is 2.32. The quantitative estimate of drug-likeness (QED) is 0.914. The van der Waals surface area contributed by atoms with Crippen LogP contribution in [0, 0.1) is 0 Å². The van der Waals surface area contributed by atoms with Gasteiger partial charge in [0.2, 0.25) is 6.43 Å². The highest BCUT2D eigenvalue weighted by molar-refractivity contribution is 6.31. The van der Waals surface area contributed by atoms with Gasteiger partial charge in [0.15, 0.2) is 10.3 Å². The number of carbonyl (C=O) groups is 1. The molecule has 0 amide bonds. The number of halogens is 4. The third-order valence-electron chi connectivity index (χ3n) is 1.84. The zero-order chi connectivity index (χ0) is 12.3. The van der Waals surface area contributed by atoms with E-state index in [4.69, 9.17) is 28.3 Å². The van der Waals surface area contributed by atoms with Crippen molar-refractivity contribution >= 4 is 29.2 Å². The second-order valence-corrected chi connectivity index (χ2v) is 3.70. The molecule has 16 heavy (non-hydrogen) atoms. The molecular weight excluding hydrogens is 265 g/mol. The van der Waals surface area contributed by atoms with Crippen LogP contribution in [-0.4, -0.2) is 27.7 Å². The third kappa shape index (κ3) is 3.24. The van der Waals surface area contributed by atoms with Crippen LogP contribution in [0.1, 0.15) is 17.9 Å². The molecule has 0 aliphatic carbocycles. The van der Waals surface area contributed by atoms with Gasteiger partial charge in [-0.15, -0.1) is 10.2 Å². The molecule has 88 valence electrons. The van der Waals surface area contributed by atoms with Crippen LogP contribution in [0.15, 0.2) is 6.07 Å². The van der Waals surface area contributed by atoms with Crippen molar-refractivity contribution in [2.24, 2.45) is 0 Å². The number of rotatable bonds is 4. The fourth-order valence-corrected chi connectivity index (χ4v) is 1.54. The number of aromatic nitrogens is 2. The molecule has 0 saturated carbocycles. The van der Waals surface area contributed by atoms with Crippen LogP contribution in [0.4, 0.5) is 8.78 Å². The van der Waals surface area contributed by atoms with Crippen molar-refractivity contribution < 1.29 is 18.7 Å². The molecule has 1 rings (SSSR count). The zero-order valence-electron chi connectivity index (χ0n) is 7.70. The Balaban J connectivity index is 3.09. The lowest BCUT2D eigenvalue weighted by molar-refractivity contribution is -0.138. The van der Waals surface area contributed by atoms with E-state index in [0.29, 0.717) is 0 Å². The van der Waals surface area contributed by atoms with E-state index in [2.05, 4.69) is 10.2 Å². The highest BCUT2D eigenvalue weighted by Gasteiger charge is 2.28. The topological polar surface area (TPSA) is 63.1 Å². The lowest BCUT2D eigenvalue weighted by Gasteiger charge is -2.14. The van der Waals surface area contributed by atoms with E-state index >= 15 is 0 Å². The summed E-state index contributed by atoms with van der Waals surface area (Å²) < 4.78 is 25.3. The van der Waals surface area contributed by atoms with Crippen LogP contribution in [0.5, 0.6) is 0 Å². The average Bonchev–Trinajstić information content (AvgIpc) is 2.18. The van der Waals surface area contributed by atoms with Gasteiger partial charge in [-0.2, -0.15) is 0 Å². The van der Waals surface area contributed by atoms with Gasteiger partial charge < -0.3 is 5.11 Å². The van der Waals surface area contributed by atoms with Crippen molar-refractivity contribution in [1.29, 1.82) is 0 Å². The second-order valence-electron chi connectivity index (χ2n) is 2.95. The average molecular weight is 271 g/mol. The second kappa shape index (κ2) is 5.36. The van der Waals surface area contributed by atoms with Crippen LogP contribution >= 0.6 is 23.2 Å². The van der Waals surface area contributed by atoms with Gasteiger partial charge in [-0.25, -0.2) is 8.78 Å². The van der Waals surface area contributed by atoms with Crippen LogP contribution in [0.25, 0.3) is 0 Å². The largest absolute Gasteiger partial charge is 0.481 e. The van der Waals surface area contributed by atoms with Gasteiger partial charge in [-0.1, -0.05) is 23.2 Å². The summed E-state index contributed by atoms with van der Waals surface area (Å²) in [7, 11) is 0. The number of hydrogen-bond acceptors (Lipinski definition) is 3. The van der Waals surface area contributed by atoms with Gasteiger partial charge in [0.1, 0.15) is 0 Å². The number of carboxylic acids is 1. The summed E-state index contributed by atoms with van der Waals surface area (Å²) in [5, 5.41) is 14.8. The van der Waals surface area contributed by atoms with Crippen LogP contribution < -0.4 is 0 Å². The lowest BCUT2D eigenvalue weighted by Crippen LogP contribution is -2.15. The molecule has 0 saturated heterocycles. The lowest BCUT2D eigenvalue weighted by atomic mass is 9.98. The first-order valence-electron chi connectivity index (χ1n) is 4.10. The summed E-state index contributed by atoms with van der Waals surface area (Å²) in [5.74, 6) is -2.90. The van der Waals surface area contributed by atoms with Crippen molar-refractivity contribution in [3.63, 3.8) is 0 Å². The van der Waals surface area contributed by atoms with Gasteiger partial charge in [-0.05, 0) is 6.07 Å². The molecular formula is C8H6Cl2F2N2O2. The Hall–Kier alpha value is -1.01. The number of hydrogen-bond donors (Lipinski definition) is 1. The van der Waals surface area contributed by atoms with Gasteiger partial charge >= 0.3 is 5.97 Å². The molecule has 4 nitrogen and oxygen atoms in total. The van der Waals surface area contributed by atoms with Crippen molar-refractivity contribution in [3.8, 4) is 0 Å². The van der Waals surface area contributed by atoms with Gasteiger partial charge in [0.05, 0.1) is 12.3 Å². The monoisotopic (exact) mass is 270 g/mol. The molecule has 8 heteroatoms. The number of aliphatic carboxylic acids is 1. The van der Waals surface area contributed by atoms with E-state index in [1.54, 1.807) is 0 Å². The minimum atomic E-state index is -2.87. The smallest absolute Gasteiger partial charge is 0.304 e. The molecule has 0 aliphatic rings. The number of nitrogens with zero attached hydrogens (tertiary/aromatic N) is 2. The molecule has 1 atom stereocenters. The molecule has 0 aromatic carbocycles. The number of alkyl halides is 2. The highest BCUT2D eigenvalue weighted by atomic mass is 35.5. The summed E-state index contributed by atoms with van der Waals surface area (Å²) >= 11 is 11.0. The maximum absolute atomic E-state index is 12.6. The van der Waals surface area contributed by atoms with E-state index in [0.717, 1.165) is 6.07 Å². The minimum Gasteiger partial charge on any atom is -0.481 e. The minimum absolute atomic E-state index is 0.112. The fourth-order valence-electron chi connectivity index (χ4n) is 1.15. The molecule has 0 aliphatic heterocycles. The predicted octanol–water partition coefficient (Wildman–Crippen LogP) is 2.61. The Morgan fingerprint density at radius 3 is 2.56 bits per heavy atom. The Morgan fingerprint density at radius 1 is 1.44 bits per heavy atom. The van der Waals surface area contributed by atoms with Crippen LogP contribution in [0.3, 0.4) is 0 Å². The molecule has 1 heterocycles. The van der Waals surface area contributed by atoms with E-state index in [9.17, 15) is 13.6 Å². The maximum atomic E-state index is 12.6. The Morgan fingerprint density at radius 2 is 2.06 bits per heavy atom. The predicted molar refractivity (Wildman–Crippen MR) is 53.0 cm³/mol.